The molecular weight excluding hydrogens is 280 g/mol. The van der Waals surface area contributed by atoms with Crippen molar-refractivity contribution >= 4 is 28.0 Å². The van der Waals surface area contributed by atoms with Gasteiger partial charge in [0.05, 0.1) is 0 Å². The largest absolute Gasteiger partial charge is 0.461 e. The first kappa shape index (κ1) is 14.0. The maximum atomic E-state index is 10.8. The molecule has 0 saturated carbocycles. The van der Waals surface area contributed by atoms with Crippen LogP contribution in [0.25, 0.3) is 6.08 Å². The van der Waals surface area contributed by atoms with Crippen molar-refractivity contribution < 1.29 is 9.53 Å². The molecule has 1 rings (SSSR count). The summed E-state index contributed by atoms with van der Waals surface area (Å²) >= 11 is 3.44. The molecule has 0 heterocycles. The Hall–Kier alpha value is -1.09. The quantitative estimate of drug-likeness (QED) is 0.784. The second-order valence-electron chi connectivity index (χ2n) is 4.21. The lowest BCUT2D eigenvalue weighted by molar-refractivity contribution is -0.140. The molecule has 0 saturated heterocycles. The third kappa shape index (κ3) is 5.18. The van der Waals surface area contributed by atoms with Crippen molar-refractivity contribution in [3.8, 4) is 0 Å². The summed E-state index contributed by atoms with van der Waals surface area (Å²) in [5, 5.41) is 0. The number of hydrogen-bond acceptors (Lipinski definition) is 2. The fourth-order valence-corrected chi connectivity index (χ4v) is 1.79. The zero-order valence-corrected chi connectivity index (χ0v) is 12.0. The molecule has 1 aromatic rings. The Bertz CT molecular complexity index is 422. The molecule has 0 unspecified atom stereocenters. The summed E-state index contributed by atoms with van der Waals surface area (Å²) in [5.41, 5.74) is 2.22. The molecule has 0 bridgehead atoms. The molecular formula is C14H17BrO2. The first-order valence-electron chi connectivity index (χ1n) is 5.58. The van der Waals surface area contributed by atoms with Crippen molar-refractivity contribution in [2.75, 3.05) is 6.61 Å². The Balaban J connectivity index is 2.86. The molecule has 0 aliphatic carbocycles. The lowest BCUT2D eigenvalue weighted by Gasteiger charge is -2.11. The number of benzene rings is 1. The minimum Gasteiger partial charge on any atom is -0.461 e. The Morgan fingerprint density at radius 3 is 2.71 bits per heavy atom. The Morgan fingerprint density at radius 2 is 2.18 bits per heavy atom. The zero-order valence-electron chi connectivity index (χ0n) is 10.4. The highest BCUT2D eigenvalue weighted by atomic mass is 79.9. The monoisotopic (exact) mass is 296 g/mol. The molecule has 92 valence electrons. The molecule has 0 radical (unpaired) electrons. The van der Waals surface area contributed by atoms with Gasteiger partial charge in [-0.15, -0.1) is 0 Å². The van der Waals surface area contributed by atoms with E-state index in [-0.39, 0.29) is 5.97 Å². The maximum absolute atomic E-state index is 10.8. The number of rotatable bonds is 4. The summed E-state index contributed by atoms with van der Waals surface area (Å²) in [7, 11) is 0. The minimum absolute atomic E-state index is 0.245. The van der Waals surface area contributed by atoms with Crippen LogP contribution >= 0.6 is 15.9 Å². The molecule has 0 aliphatic rings. The standard InChI is InChI=1S/C14H17BrO2/c1-10(2)13(9-17-11(3)16)7-12-5-4-6-14(15)8-12/h4-8,10H,9H2,1-3H3. The van der Waals surface area contributed by atoms with E-state index in [1.165, 1.54) is 6.92 Å². The number of esters is 1. The van der Waals surface area contributed by atoms with Gasteiger partial charge in [-0.05, 0) is 29.2 Å². The predicted octanol–water partition coefficient (Wildman–Crippen LogP) is 4.05. The third-order valence-corrected chi connectivity index (χ3v) is 2.88. The molecule has 0 amide bonds. The summed E-state index contributed by atoms with van der Waals surface area (Å²) in [4.78, 5) is 10.8. The van der Waals surface area contributed by atoms with Crippen LogP contribution < -0.4 is 0 Å². The van der Waals surface area contributed by atoms with Crippen LogP contribution in [0.5, 0.6) is 0 Å². The van der Waals surface area contributed by atoms with E-state index < -0.39 is 0 Å². The number of halogens is 1. The van der Waals surface area contributed by atoms with Crippen molar-refractivity contribution in [3.05, 3.63) is 39.9 Å². The van der Waals surface area contributed by atoms with Crippen molar-refractivity contribution in [1.82, 2.24) is 0 Å². The molecule has 3 heteroatoms. The van der Waals surface area contributed by atoms with Crippen molar-refractivity contribution in [2.24, 2.45) is 5.92 Å². The van der Waals surface area contributed by atoms with E-state index >= 15 is 0 Å². The van der Waals surface area contributed by atoms with Gasteiger partial charge in [-0.3, -0.25) is 4.79 Å². The number of carbonyl (C=O) groups excluding carboxylic acids is 1. The molecule has 0 atom stereocenters. The maximum Gasteiger partial charge on any atom is 0.302 e. The smallest absolute Gasteiger partial charge is 0.302 e. The highest BCUT2D eigenvalue weighted by Gasteiger charge is 2.05. The molecule has 0 spiro atoms. The van der Waals surface area contributed by atoms with Gasteiger partial charge in [-0.25, -0.2) is 0 Å². The van der Waals surface area contributed by atoms with Crippen LogP contribution in [0.3, 0.4) is 0 Å². The van der Waals surface area contributed by atoms with Crippen LogP contribution in [0.1, 0.15) is 26.3 Å². The number of hydrogen-bond donors (Lipinski definition) is 0. The van der Waals surface area contributed by atoms with Gasteiger partial charge in [0.1, 0.15) is 6.61 Å². The molecule has 0 N–H and O–H groups in total. The second-order valence-corrected chi connectivity index (χ2v) is 5.12. The van der Waals surface area contributed by atoms with E-state index in [2.05, 4.69) is 35.9 Å². The van der Waals surface area contributed by atoms with Crippen LogP contribution in [-0.4, -0.2) is 12.6 Å². The Kier molecular flexibility index (Phi) is 5.42. The minimum atomic E-state index is -0.245. The van der Waals surface area contributed by atoms with Gasteiger partial charge in [-0.2, -0.15) is 0 Å². The lowest BCUT2D eigenvalue weighted by Crippen LogP contribution is -2.07. The molecule has 17 heavy (non-hydrogen) atoms. The first-order valence-corrected chi connectivity index (χ1v) is 6.37. The van der Waals surface area contributed by atoms with Gasteiger partial charge in [0.2, 0.25) is 0 Å². The van der Waals surface area contributed by atoms with E-state index in [1.54, 1.807) is 0 Å². The summed E-state index contributed by atoms with van der Waals surface area (Å²) in [6, 6.07) is 8.04. The predicted molar refractivity (Wildman–Crippen MR) is 73.6 cm³/mol. The molecule has 2 nitrogen and oxygen atoms in total. The molecule has 0 fully saturated rings. The summed E-state index contributed by atoms with van der Waals surface area (Å²) in [6.07, 6.45) is 2.07. The van der Waals surface area contributed by atoms with Gasteiger partial charge in [0.25, 0.3) is 0 Å². The Labute approximate surface area is 111 Å². The second kappa shape index (κ2) is 6.60. The summed E-state index contributed by atoms with van der Waals surface area (Å²) in [5.74, 6) is 0.110. The van der Waals surface area contributed by atoms with Crippen molar-refractivity contribution in [3.63, 3.8) is 0 Å². The van der Waals surface area contributed by atoms with Gasteiger partial charge in [-0.1, -0.05) is 48.0 Å². The van der Waals surface area contributed by atoms with E-state index in [0.29, 0.717) is 12.5 Å². The number of ether oxygens (including phenoxy) is 1. The van der Waals surface area contributed by atoms with Crippen LogP contribution in [0.2, 0.25) is 0 Å². The Morgan fingerprint density at radius 1 is 1.47 bits per heavy atom. The first-order chi connectivity index (χ1) is 7.99. The fraction of sp³-hybridized carbons (Fsp3) is 0.357. The molecule has 1 aromatic carbocycles. The van der Waals surface area contributed by atoms with Gasteiger partial charge in [0.15, 0.2) is 0 Å². The topological polar surface area (TPSA) is 26.3 Å². The summed E-state index contributed by atoms with van der Waals surface area (Å²) in [6.45, 7) is 5.97. The van der Waals surface area contributed by atoms with Crippen molar-refractivity contribution in [1.29, 1.82) is 0 Å². The van der Waals surface area contributed by atoms with Crippen LogP contribution in [0.4, 0.5) is 0 Å². The van der Waals surface area contributed by atoms with E-state index in [1.807, 2.05) is 24.3 Å². The average Bonchev–Trinajstić information content (AvgIpc) is 2.23. The van der Waals surface area contributed by atoms with Crippen molar-refractivity contribution in [2.45, 2.75) is 20.8 Å². The highest BCUT2D eigenvalue weighted by molar-refractivity contribution is 9.10. The fourth-order valence-electron chi connectivity index (χ4n) is 1.37. The van der Waals surface area contributed by atoms with Gasteiger partial charge < -0.3 is 4.74 Å². The van der Waals surface area contributed by atoms with Crippen LogP contribution in [-0.2, 0) is 9.53 Å². The molecule has 0 aromatic heterocycles. The van der Waals surface area contributed by atoms with Crippen LogP contribution in [0.15, 0.2) is 34.3 Å². The third-order valence-electron chi connectivity index (χ3n) is 2.38. The number of carbonyl (C=O) groups is 1. The molecule has 0 aliphatic heterocycles. The van der Waals surface area contributed by atoms with Gasteiger partial charge >= 0.3 is 5.97 Å². The zero-order chi connectivity index (χ0) is 12.8. The van der Waals surface area contributed by atoms with Crippen LogP contribution in [0, 0.1) is 5.92 Å². The highest BCUT2D eigenvalue weighted by Crippen LogP contribution is 2.18. The van der Waals surface area contributed by atoms with E-state index in [0.717, 1.165) is 15.6 Å². The summed E-state index contributed by atoms with van der Waals surface area (Å²) < 4.78 is 6.09. The average molecular weight is 297 g/mol. The SMILES string of the molecule is CC(=O)OCC(=Cc1cccc(Br)c1)C(C)C. The normalized spacial score (nSPS) is 11.7. The van der Waals surface area contributed by atoms with E-state index in [9.17, 15) is 4.79 Å². The van der Waals surface area contributed by atoms with Gasteiger partial charge in [0, 0.05) is 11.4 Å². The lowest BCUT2D eigenvalue weighted by atomic mass is 10.0. The van der Waals surface area contributed by atoms with E-state index in [4.69, 9.17) is 4.74 Å².